The SMILES string of the molecule is C=C[Si](C=C)(N(CC)C(C)C)N(CC)C(C)C. The number of nitrogens with zero attached hydrogens (tertiary/aromatic N) is 2. The van der Waals surface area contributed by atoms with Gasteiger partial charge in [-0.3, -0.25) is 0 Å². The van der Waals surface area contributed by atoms with E-state index in [2.05, 4.69) is 75.2 Å². The summed E-state index contributed by atoms with van der Waals surface area (Å²) in [6, 6.07) is 1.05. The summed E-state index contributed by atoms with van der Waals surface area (Å²) < 4.78 is 5.13. The summed E-state index contributed by atoms with van der Waals surface area (Å²) >= 11 is 0. The zero-order chi connectivity index (χ0) is 13.6. The molecule has 0 saturated heterocycles. The molecule has 0 aliphatic rings. The van der Waals surface area contributed by atoms with Crippen LogP contribution in [0, 0.1) is 0 Å². The number of hydrogen-bond acceptors (Lipinski definition) is 2. The molecule has 0 unspecified atom stereocenters. The highest BCUT2D eigenvalue weighted by Gasteiger charge is 2.41. The van der Waals surface area contributed by atoms with Gasteiger partial charge in [0.25, 0.3) is 8.40 Å². The van der Waals surface area contributed by atoms with Gasteiger partial charge in [0.05, 0.1) is 0 Å². The van der Waals surface area contributed by atoms with E-state index < -0.39 is 8.40 Å². The molecule has 0 N–H and O–H groups in total. The van der Waals surface area contributed by atoms with E-state index in [1.807, 2.05) is 0 Å². The molecule has 0 spiro atoms. The van der Waals surface area contributed by atoms with Gasteiger partial charge in [-0.05, 0) is 25.2 Å². The first-order valence-corrected chi connectivity index (χ1v) is 8.76. The predicted octanol–water partition coefficient (Wildman–Crippen LogP) is 3.34. The quantitative estimate of drug-likeness (QED) is 0.613. The topological polar surface area (TPSA) is 6.48 Å². The average Bonchev–Trinajstić information content (AvgIpc) is 2.27. The van der Waals surface area contributed by atoms with Crippen LogP contribution in [-0.4, -0.2) is 42.7 Å². The van der Waals surface area contributed by atoms with Crippen LogP contribution in [-0.2, 0) is 0 Å². The van der Waals surface area contributed by atoms with Crippen LogP contribution in [0.5, 0.6) is 0 Å². The predicted molar refractivity (Wildman–Crippen MR) is 81.2 cm³/mol. The molecule has 0 aromatic rings. The molecular formula is C14H30N2Si. The number of hydrogen-bond donors (Lipinski definition) is 0. The van der Waals surface area contributed by atoms with Crippen LogP contribution in [0.4, 0.5) is 0 Å². The lowest BCUT2D eigenvalue weighted by Crippen LogP contribution is -2.67. The fraction of sp³-hybridized carbons (Fsp3) is 0.714. The first-order valence-electron chi connectivity index (χ1n) is 6.71. The maximum atomic E-state index is 4.11. The lowest BCUT2D eigenvalue weighted by atomic mass is 10.4. The molecule has 0 rings (SSSR count). The molecule has 0 aromatic heterocycles. The average molecular weight is 254 g/mol. The van der Waals surface area contributed by atoms with E-state index >= 15 is 0 Å². The third-order valence-corrected chi connectivity index (χ3v) is 8.16. The van der Waals surface area contributed by atoms with Crippen LogP contribution in [0.15, 0.2) is 24.6 Å². The monoisotopic (exact) mass is 254 g/mol. The third-order valence-electron chi connectivity index (χ3n) is 3.45. The molecule has 0 heterocycles. The van der Waals surface area contributed by atoms with Gasteiger partial charge in [0.15, 0.2) is 0 Å². The molecule has 0 aliphatic carbocycles. The van der Waals surface area contributed by atoms with Crippen molar-refractivity contribution in [3.05, 3.63) is 24.6 Å². The zero-order valence-electron chi connectivity index (χ0n) is 12.5. The Morgan fingerprint density at radius 1 is 0.882 bits per heavy atom. The molecule has 17 heavy (non-hydrogen) atoms. The van der Waals surface area contributed by atoms with Crippen molar-refractivity contribution in [3.8, 4) is 0 Å². The summed E-state index contributed by atoms with van der Waals surface area (Å²) in [6.07, 6.45) is 0. The Labute approximate surface area is 109 Å². The highest BCUT2D eigenvalue weighted by Crippen LogP contribution is 2.23. The van der Waals surface area contributed by atoms with Gasteiger partial charge in [0.2, 0.25) is 0 Å². The van der Waals surface area contributed by atoms with Crippen LogP contribution in [0.25, 0.3) is 0 Å². The van der Waals surface area contributed by atoms with Crippen LogP contribution >= 0.6 is 0 Å². The molecule has 2 nitrogen and oxygen atoms in total. The van der Waals surface area contributed by atoms with Gasteiger partial charge >= 0.3 is 0 Å². The van der Waals surface area contributed by atoms with Gasteiger partial charge in [0.1, 0.15) is 0 Å². The molecule has 0 radical (unpaired) electrons. The Bertz CT molecular complexity index is 223. The summed E-state index contributed by atoms with van der Waals surface area (Å²) in [5.41, 5.74) is 4.32. The highest BCUT2D eigenvalue weighted by atomic mass is 28.3. The van der Waals surface area contributed by atoms with Gasteiger partial charge in [-0.2, -0.15) is 0 Å². The van der Waals surface area contributed by atoms with E-state index in [0.717, 1.165) is 13.1 Å². The van der Waals surface area contributed by atoms with Crippen LogP contribution in [0.3, 0.4) is 0 Å². The Kier molecular flexibility index (Phi) is 6.98. The fourth-order valence-corrected chi connectivity index (χ4v) is 6.88. The minimum absolute atomic E-state index is 0.524. The molecule has 100 valence electrons. The van der Waals surface area contributed by atoms with Crippen molar-refractivity contribution in [3.63, 3.8) is 0 Å². The van der Waals surface area contributed by atoms with Crippen molar-refractivity contribution in [2.75, 3.05) is 13.1 Å². The molecule has 0 atom stereocenters. The van der Waals surface area contributed by atoms with Crippen LogP contribution < -0.4 is 0 Å². The summed E-state index contributed by atoms with van der Waals surface area (Å²) in [7, 11) is -1.93. The van der Waals surface area contributed by atoms with Crippen LogP contribution in [0.2, 0.25) is 0 Å². The molecule has 0 amide bonds. The molecular weight excluding hydrogens is 224 g/mol. The molecule has 0 fully saturated rings. The highest BCUT2D eigenvalue weighted by molar-refractivity contribution is 6.84. The zero-order valence-corrected chi connectivity index (χ0v) is 13.5. The van der Waals surface area contributed by atoms with Crippen molar-refractivity contribution in [2.45, 2.75) is 53.6 Å². The minimum atomic E-state index is -1.93. The lowest BCUT2D eigenvalue weighted by Gasteiger charge is -2.48. The van der Waals surface area contributed by atoms with E-state index in [1.54, 1.807) is 0 Å². The van der Waals surface area contributed by atoms with Crippen molar-refractivity contribution in [1.29, 1.82) is 0 Å². The van der Waals surface area contributed by atoms with Gasteiger partial charge in [-0.25, -0.2) is 0 Å². The Balaban J connectivity index is 5.53. The fourth-order valence-electron chi connectivity index (χ4n) is 2.78. The molecule has 0 aromatic carbocycles. The van der Waals surface area contributed by atoms with E-state index in [1.165, 1.54) is 0 Å². The maximum Gasteiger partial charge on any atom is 0.257 e. The first-order chi connectivity index (χ1) is 7.91. The standard InChI is InChI=1S/C14H30N2Si/c1-9-15(13(5)6)17(11-3,12-4)16(10-2)14(7)8/h11-14H,3-4,9-10H2,1-2,5-8H3. The minimum Gasteiger partial charge on any atom is -0.303 e. The van der Waals surface area contributed by atoms with Crippen molar-refractivity contribution in [2.24, 2.45) is 0 Å². The summed E-state index contributed by atoms with van der Waals surface area (Å²) in [4.78, 5) is 0. The summed E-state index contributed by atoms with van der Waals surface area (Å²) in [5, 5.41) is 0. The maximum absolute atomic E-state index is 4.11. The first kappa shape index (κ1) is 16.6. The van der Waals surface area contributed by atoms with Gasteiger partial charge in [-0.15, -0.1) is 13.2 Å². The number of rotatable bonds is 8. The van der Waals surface area contributed by atoms with Crippen LogP contribution in [0.1, 0.15) is 41.5 Å². The van der Waals surface area contributed by atoms with Gasteiger partial charge in [-0.1, -0.05) is 52.9 Å². The second kappa shape index (κ2) is 7.14. The normalized spacial score (nSPS) is 12.8. The van der Waals surface area contributed by atoms with E-state index in [-0.39, 0.29) is 0 Å². The summed E-state index contributed by atoms with van der Waals surface area (Å²) in [6.45, 7) is 23.8. The van der Waals surface area contributed by atoms with E-state index in [4.69, 9.17) is 0 Å². The Morgan fingerprint density at radius 2 is 1.18 bits per heavy atom. The molecule has 0 aliphatic heterocycles. The Hall–Kier alpha value is -0.383. The van der Waals surface area contributed by atoms with Crippen molar-refractivity contribution < 1.29 is 0 Å². The lowest BCUT2D eigenvalue weighted by molar-refractivity contribution is 0.284. The van der Waals surface area contributed by atoms with Gasteiger partial charge < -0.3 is 9.13 Å². The second-order valence-electron chi connectivity index (χ2n) is 4.95. The molecule has 0 bridgehead atoms. The largest absolute Gasteiger partial charge is 0.303 e. The van der Waals surface area contributed by atoms with Crippen molar-refractivity contribution >= 4 is 8.40 Å². The second-order valence-corrected chi connectivity index (χ2v) is 8.48. The Morgan fingerprint density at radius 3 is 1.29 bits per heavy atom. The van der Waals surface area contributed by atoms with Crippen molar-refractivity contribution in [1.82, 2.24) is 9.13 Å². The molecule has 0 saturated carbocycles. The summed E-state index contributed by atoms with van der Waals surface area (Å²) in [5.74, 6) is 0. The van der Waals surface area contributed by atoms with Gasteiger partial charge in [0, 0.05) is 0 Å². The molecule has 3 heteroatoms. The van der Waals surface area contributed by atoms with E-state index in [0.29, 0.717) is 12.1 Å². The third kappa shape index (κ3) is 3.30. The smallest absolute Gasteiger partial charge is 0.257 e. The van der Waals surface area contributed by atoms with E-state index in [9.17, 15) is 0 Å².